The fraction of sp³-hybridized carbons (Fsp3) is 0.238. The number of rotatable bonds is 5. The summed E-state index contributed by atoms with van der Waals surface area (Å²) in [5.41, 5.74) is -0.0631. The van der Waals surface area contributed by atoms with Gasteiger partial charge in [-0.3, -0.25) is 9.52 Å². The van der Waals surface area contributed by atoms with E-state index >= 15 is 0 Å². The second-order valence-corrected chi connectivity index (χ2v) is 8.89. The summed E-state index contributed by atoms with van der Waals surface area (Å²) in [5.74, 6) is 0.0249. The highest BCUT2D eigenvalue weighted by molar-refractivity contribution is 7.92. The highest BCUT2D eigenvalue weighted by atomic mass is 32.2. The molecule has 29 heavy (non-hydrogen) atoms. The summed E-state index contributed by atoms with van der Waals surface area (Å²) in [7, 11) is -2.01. The van der Waals surface area contributed by atoms with Crippen LogP contribution >= 0.6 is 0 Å². The van der Waals surface area contributed by atoms with Crippen LogP contribution in [0.5, 0.6) is 5.75 Å². The van der Waals surface area contributed by atoms with Crippen molar-refractivity contribution in [3.05, 3.63) is 66.2 Å². The van der Waals surface area contributed by atoms with Crippen molar-refractivity contribution in [2.45, 2.75) is 31.3 Å². The van der Waals surface area contributed by atoms with Crippen LogP contribution in [-0.4, -0.2) is 28.9 Å². The van der Waals surface area contributed by atoms with Crippen LogP contribution in [0.1, 0.15) is 26.3 Å². The second kappa shape index (κ2) is 9.38. The molecule has 0 bridgehead atoms. The number of benzene rings is 2. The maximum absolute atomic E-state index is 13.3. The number of carbonyl (C=O) groups excluding carboxylic acids is 2. The van der Waals surface area contributed by atoms with Gasteiger partial charge in [0, 0.05) is 6.08 Å². The average Bonchev–Trinajstić information content (AvgIpc) is 2.65. The maximum atomic E-state index is 13.3. The third-order valence-electron chi connectivity index (χ3n) is 3.44. The fourth-order valence-electron chi connectivity index (χ4n) is 2.18. The smallest absolute Gasteiger partial charge is 0.444 e. The molecular weight excluding hydrogens is 392 g/mol. The number of hydrogen-bond donors (Lipinski definition) is 1. The summed E-state index contributed by atoms with van der Waals surface area (Å²) < 4.78 is 29.5. The molecule has 1 atom stereocenters. The van der Waals surface area contributed by atoms with Crippen molar-refractivity contribution in [2.75, 3.05) is 7.11 Å². The van der Waals surface area contributed by atoms with Crippen LogP contribution in [0.25, 0.3) is 6.08 Å². The first-order valence-corrected chi connectivity index (χ1v) is 10.3. The van der Waals surface area contributed by atoms with E-state index in [1.807, 2.05) is 0 Å². The van der Waals surface area contributed by atoms with Crippen molar-refractivity contribution < 1.29 is 23.3 Å². The van der Waals surface area contributed by atoms with E-state index in [9.17, 15) is 13.8 Å². The number of nitrogens with zero attached hydrogens (tertiary/aromatic N) is 1. The van der Waals surface area contributed by atoms with Gasteiger partial charge in [-0.05, 0) is 56.7 Å². The first kappa shape index (κ1) is 22.2. The molecule has 2 rings (SSSR count). The van der Waals surface area contributed by atoms with Crippen LogP contribution in [0.3, 0.4) is 0 Å². The topological polar surface area (TPSA) is 94.1 Å². The van der Waals surface area contributed by atoms with E-state index in [0.717, 1.165) is 5.56 Å². The molecular formula is C21H24N2O5S. The summed E-state index contributed by atoms with van der Waals surface area (Å²) in [6.45, 7) is 5.00. The molecule has 8 heteroatoms. The number of ether oxygens (including phenoxy) is 2. The molecule has 0 saturated heterocycles. The lowest BCUT2D eigenvalue weighted by atomic mass is 10.2. The Morgan fingerprint density at radius 3 is 2.21 bits per heavy atom. The summed E-state index contributed by atoms with van der Waals surface area (Å²) in [6, 6.07) is 15.1. The lowest BCUT2D eigenvalue weighted by Gasteiger charge is -2.18. The molecule has 2 aromatic rings. The zero-order valence-corrected chi connectivity index (χ0v) is 17.6. The summed E-state index contributed by atoms with van der Waals surface area (Å²) in [4.78, 5) is 24.7. The Balaban J connectivity index is 2.27. The van der Waals surface area contributed by atoms with Crippen molar-refractivity contribution in [1.29, 1.82) is 0 Å². The third kappa shape index (κ3) is 7.08. The van der Waals surface area contributed by atoms with E-state index in [0.29, 0.717) is 5.75 Å². The molecule has 2 amide bonds. The third-order valence-corrected chi connectivity index (χ3v) is 5.24. The molecule has 0 aliphatic carbocycles. The quantitative estimate of drug-likeness (QED) is 0.737. The molecule has 0 aliphatic rings. The van der Waals surface area contributed by atoms with Crippen LogP contribution in [0.2, 0.25) is 0 Å². The van der Waals surface area contributed by atoms with Gasteiger partial charge in [-0.15, -0.1) is 4.36 Å². The molecule has 0 saturated carbocycles. The van der Waals surface area contributed by atoms with Crippen LogP contribution < -0.4 is 9.46 Å². The van der Waals surface area contributed by atoms with Gasteiger partial charge in [0.25, 0.3) is 5.91 Å². The average molecular weight is 416 g/mol. The lowest BCUT2D eigenvalue weighted by molar-refractivity contribution is -0.114. The summed E-state index contributed by atoms with van der Waals surface area (Å²) in [5, 5.41) is 0. The summed E-state index contributed by atoms with van der Waals surface area (Å²) >= 11 is 0. The fourth-order valence-corrected chi connectivity index (χ4v) is 3.57. The molecule has 0 aromatic heterocycles. The predicted octanol–water partition coefficient (Wildman–Crippen LogP) is 4.20. The van der Waals surface area contributed by atoms with Crippen LogP contribution in [0.4, 0.5) is 4.79 Å². The lowest BCUT2D eigenvalue weighted by Crippen LogP contribution is -2.31. The van der Waals surface area contributed by atoms with Crippen molar-refractivity contribution >= 4 is 28.0 Å². The van der Waals surface area contributed by atoms with Crippen molar-refractivity contribution in [1.82, 2.24) is 4.72 Å². The van der Waals surface area contributed by atoms with Gasteiger partial charge in [0.05, 0.1) is 12.0 Å². The number of carbonyl (C=O) groups is 2. The van der Waals surface area contributed by atoms with Gasteiger partial charge in [0.15, 0.2) is 9.92 Å². The largest absolute Gasteiger partial charge is 0.497 e. The van der Waals surface area contributed by atoms with Crippen LogP contribution in [-0.2, 0) is 19.4 Å². The van der Waals surface area contributed by atoms with E-state index in [1.54, 1.807) is 76.4 Å². The van der Waals surface area contributed by atoms with E-state index in [-0.39, 0.29) is 4.90 Å². The minimum Gasteiger partial charge on any atom is -0.497 e. The number of hydrogen-bond acceptors (Lipinski definition) is 5. The molecule has 0 spiro atoms. The normalized spacial score (nSPS) is 13.4. The van der Waals surface area contributed by atoms with Crippen LogP contribution in [0, 0.1) is 0 Å². The van der Waals surface area contributed by atoms with E-state index in [2.05, 4.69) is 9.08 Å². The highest BCUT2D eigenvalue weighted by Crippen LogP contribution is 2.15. The minimum absolute atomic E-state index is 0.192. The Bertz CT molecular complexity index is 1000. The Morgan fingerprint density at radius 2 is 1.66 bits per heavy atom. The Kier molecular flexibility index (Phi) is 7.17. The van der Waals surface area contributed by atoms with Crippen molar-refractivity contribution in [2.24, 2.45) is 4.36 Å². The zero-order valence-electron chi connectivity index (χ0n) is 16.7. The highest BCUT2D eigenvalue weighted by Gasteiger charge is 2.21. The van der Waals surface area contributed by atoms with E-state index in [1.165, 1.54) is 18.2 Å². The number of nitrogens with one attached hydrogen (secondary N) is 1. The van der Waals surface area contributed by atoms with Gasteiger partial charge in [0.1, 0.15) is 11.4 Å². The summed E-state index contributed by atoms with van der Waals surface area (Å²) in [6.07, 6.45) is 1.74. The maximum Gasteiger partial charge on any atom is 0.444 e. The Morgan fingerprint density at radius 1 is 1.03 bits per heavy atom. The minimum atomic E-state index is -3.57. The molecule has 0 aliphatic heterocycles. The first-order chi connectivity index (χ1) is 13.6. The predicted molar refractivity (Wildman–Crippen MR) is 112 cm³/mol. The van der Waals surface area contributed by atoms with Gasteiger partial charge in [0.2, 0.25) is 0 Å². The van der Waals surface area contributed by atoms with Gasteiger partial charge < -0.3 is 9.47 Å². The molecule has 0 heterocycles. The molecule has 0 fully saturated rings. The first-order valence-electron chi connectivity index (χ1n) is 8.80. The van der Waals surface area contributed by atoms with Gasteiger partial charge in [-0.2, -0.15) is 0 Å². The monoisotopic (exact) mass is 416 g/mol. The van der Waals surface area contributed by atoms with Crippen molar-refractivity contribution in [3.8, 4) is 5.75 Å². The number of amides is 2. The van der Waals surface area contributed by atoms with E-state index < -0.39 is 27.5 Å². The number of methoxy groups -OCH3 is 1. The zero-order chi connectivity index (χ0) is 21.5. The van der Waals surface area contributed by atoms with Gasteiger partial charge in [-0.25, -0.2) is 9.00 Å². The Hall–Kier alpha value is -3.13. The molecule has 0 radical (unpaired) electrons. The Labute approximate surface area is 171 Å². The standard InChI is InChI=1S/C21H24N2O5S/c1-21(2,3)28-20(25)23-29(26,18-8-6-5-7-9-18)22-19(24)15-12-16-10-13-17(27-4)14-11-16/h5-15H,1-4H3,(H,22,23,24,25,26)/b15-12+. The van der Waals surface area contributed by atoms with Crippen LogP contribution in [0.15, 0.2) is 69.9 Å². The van der Waals surface area contributed by atoms with E-state index in [4.69, 9.17) is 9.47 Å². The molecule has 1 N–H and O–H groups in total. The van der Waals surface area contributed by atoms with Crippen molar-refractivity contribution in [3.63, 3.8) is 0 Å². The second-order valence-electron chi connectivity index (χ2n) is 6.98. The van der Waals surface area contributed by atoms with Gasteiger partial charge in [-0.1, -0.05) is 30.3 Å². The molecule has 1 unspecified atom stereocenters. The SMILES string of the molecule is COc1ccc(/C=C/C(=O)NS(=O)(=NC(=O)OC(C)(C)C)c2ccccc2)cc1. The molecule has 2 aromatic carbocycles. The molecule has 7 nitrogen and oxygen atoms in total. The molecule has 154 valence electrons. The van der Waals surface area contributed by atoms with Gasteiger partial charge >= 0.3 is 6.09 Å².